The van der Waals surface area contributed by atoms with E-state index in [9.17, 15) is 26.1 Å². The van der Waals surface area contributed by atoms with E-state index < -0.39 is 22.0 Å². The quantitative estimate of drug-likeness (QED) is 0.618. The van der Waals surface area contributed by atoms with Gasteiger partial charge in [-0.1, -0.05) is 18.2 Å². The van der Waals surface area contributed by atoms with E-state index >= 15 is 0 Å². The van der Waals surface area contributed by atoms with Crippen LogP contribution in [0.15, 0.2) is 59.6 Å². The Morgan fingerprint density at radius 1 is 1.07 bits per heavy atom. The van der Waals surface area contributed by atoms with Gasteiger partial charge in [-0.2, -0.15) is 21.6 Å². The molecule has 0 atom stereocenters. The van der Waals surface area contributed by atoms with Gasteiger partial charge in [-0.3, -0.25) is 4.55 Å². The van der Waals surface area contributed by atoms with Crippen LogP contribution < -0.4 is 5.32 Å². The minimum absolute atomic E-state index is 0.226. The highest BCUT2D eigenvalue weighted by Gasteiger charge is 2.32. The molecule has 6 nitrogen and oxygen atoms in total. The first-order chi connectivity index (χ1) is 13.0. The molecule has 1 aromatic heterocycles. The lowest BCUT2D eigenvalue weighted by molar-refractivity contribution is -0.141. The van der Waals surface area contributed by atoms with Crippen molar-refractivity contribution < 1.29 is 26.1 Å². The van der Waals surface area contributed by atoms with E-state index in [2.05, 4.69) is 15.3 Å². The Bertz CT molecular complexity index is 1130. The molecule has 3 rings (SSSR count). The van der Waals surface area contributed by atoms with Gasteiger partial charge in [-0.05, 0) is 53.9 Å². The van der Waals surface area contributed by atoms with Crippen LogP contribution in [0, 0.1) is 6.92 Å². The van der Waals surface area contributed by atoms with E-state index in [0.717, 1.165) is 17.8 Å². The smallest absolute Gasteiger partial charge is 0.324 e. The Labute approximate surface area is 158 Å². The fourth-order valence-electron chi connectivity index (χ4n) is 2.54. The summed E-state index contributed by atoms with van der Waals surface area (Å²) in [5.74, 6) is -0.226. The molecule has 3 aromatic rings. The fraction of sp³-hybridized carbons (Fsp3) is 0.111. The Morgan fingerprint density at radius 2 is 1.82 bits per heavy atom. The second-order valence-corrected chi connectivity index (χ2v) is 7.34. The lowest BCUT2D eigenvalue weighted by Gasteiger charge is -2.12. The molecule has 0 unspecified atom stereocenters. The molecule has 0 bridgehead atoms. The van der Waals surface area contributed by atoms with Gasteiger partial charge in [-0.15, -0.1) is 0 Å². The molecule has 0 fully saturated rings. The summed E-state index contributed by atoms with van der Waals surface area (Å²) in [6.07, 6.45) is -3.59. The normalized spacial score (nSPS) is 12.0. The van der Waals surface area contributed by atoms with E-state index in [-0.39, 0.29) is 10.8 Å². The minimum atomic E-state index is -4.59. The third kappa shape index (κ3) is 4.46. The van der Waals surface area contributed by atoms with E-state index in [4.69, 9.17) is 0 Å². The molecule has 146 valence electrons. The van der Waals surface area contributed by atoms with Gasteiger partial charge in [0.1, 0.15) is 5.69 Å². The van der Waals surface area contributed by atoms with Crippen LogP contribution in [-0.4, -0.2) is 22.9 Å². The van der Waals surface area contributed by atoms with Gasteiger partial charge in [0.15, 0.2) is 0 Å². The molecule has 0 saturated carbocycles. The number of nitrogens with one attached hydrogen (secondary N) is 1. The molecule has 0 aliphatic rings. The zero-order chi connectivity index (χ0) is 20.5. The van der Waals surface area contributed by atoms with Gasteiger partial charge in [0, 0.05) is 11.9 Å². The summed E-state index contributed by atoms with van der Waals surface area (Å²) in [7, 11) is -4.37. The first-order valence-corrected chi connectivity index (χ1v) is 9.34. The summed E-state index contributed by atoms with van der Waals surface area (Å²) >= 11 is 0. The highest BCUT2D eigenvalue weighted by Crippen LogP contribution is 2.30. The van der Waals surface area contributed by atoms with Crippen molar-refractivity contribution in [2.45, 2.75) is 18.0 Å². The predicted molar refractivity (Wildman–Crippen MR) is 96.7 cm³/mol. The van der Waals surface area contributed by atoms with Gasteiger partial charge in [0.05, 0.1) is 4.90 Å². The number of anilines is 2. The molecule has 2 aromatic carbocycles. The highest BCUT2D eigenvalue weighted by atomic mass is 32.2. The van der Waals surface area contributed by atoms with Gasteiger partial charge >= 0.3 is 6.18 Å². The van der Waals surface area contributed by atoms with Crippen LogP contribution in [0.1, 0.15) is 11.3 Å². The SMILES string of the molecule is Cc1ccc(Nc2nccc(C(F)(F)F)n2)cc1-c1cccc(S(=O)(=O)O)c1. The van der Waals surface area contributed by atoms with Crippen molar-refractivity contribution in [3.8, 4) is 11.1 Å². The summed E-state index contributed by atoms with van der Waals surface area (Å²) < 4.78 is 70.3. The van der Waals surface area contributed by atoms with Crippen molar-refractivity contribution in [3.63, 3.8) is 0 Å². The zero-order valence-electron chi connectivity index (χ0n) is 14.4. The van der Waals surface area contributed by atoms with Crippen molar-refractivity contribution >= 4 is 21.8 Å². The second-order valence-electron chi connectivity index (χ2n) is 5.92. The third-order valence-corrected chi connectivity index (χ3v) is 4.73. The summed E-state index contributed by atoms with van der Waals surface area (Å²) in [6, 6.07) is 11.4. The minimum Gasteiger partial charge on any atom is -0.324 e. The number of hydrogen-bond donors (Lipinski definition) is 2. The van der Waals surface area contributed by atoms with E-state index in [1.165, 1.54) is 18.2 Å². The number of aryl methyl sites for hydroxylation is 1. The average molecular weight is 409 g/mol. The Balaban J connectivity index is 1.97. The zero-order valence-corrected chi connectivity index (χ0v) is 15.2. The second kappa shape index (κ2) is 7.21. The van der Waals surface area contributed by atoms with Crippen molar-refractivity contribution in [2.75, 3.05) is 5.32 Å². The molecule has 1 heterocycles. The molecular formula is C18H14F3N3O3S. The Hall–Kier alpha value is -2.98. The van der Waals surface area contributed by atoms with E-state index in [0.29, 0.717) is 16.8 Å². The Kier molecular flexibility index (Phi) is 5.09. The van der Waals surface area contributed by atoms with Gasteiger partial charge in [0.25, 0.3) is 10.1 Å². The molecule has 0 aliphatic heterocycles. The molecule has 28 heavy (non-hydrogen) atoms. The lowest BCUT2D eigenvalue weighted by atomic mass is 10.00. The molecular weight excluding hydrogens is 395 g/mol. The van der Waals surface area contributed by atoms with Crippen LogP contribution >= 0.6 is 0 Å². The number of nitrogens with zero attached hydrogens (tertiary/aromatic N) is 2. The number of rotatable bonds is 4. The average Bonchev–Trinajstić information content (AvgIpc) is 2.62. The fourth-order valence-corrected chi connectivity index (χ4v) is 3.07. The molecule has 0 spiro atoms. The molecule has 10 heteroatoms. The van der Waals surface area contributed by atoms with Crippen molar-refractivity contribution in [2.24, 2.45) is 0 Å². The van der Waals surface area contributed by atoms with E-state index in [1.807, 2.05) is 0 Å². The molecule has 0 aliphatic carbocycles. The maximum atomic E-state index is 12.8. The highest BCUT2D eigenvalue weighted by molar-refractivity contribution is 7.85. The summed E-state index contributed by atoms with van der Waals surface area (Å²) in [4.78, 5) is 6.98. The maximum absolute atomic E-state index is 12.8. The molecule has 0 saturated heterocycles. The first-order valence-electron chi connectivity index (χ1n) is 7.90. The number of halogens is 3. The summed E-state index contributed by atoms with van der Waals surface area (Å²) in [5, 5.41) is 2.71. The van der Waals surface area contributed by atoms with Crippen molar-refractivity contribution in [1.29, 1.82) is 0 Å². The van der Waals surface area contributed by atoms with Crippen LogP contribution in [0.25, 0.3) is 11.1 Å². The standard InChI is InChI=1S/C18H14F3N3O3S/c1-11-5-6-13(23-17-22-8-7-16(24-17)18(19,20)21)10-15(11)12-3-2-4-14(9-12)28(25,26)27/h2-10H,1H3,(H,22,23,24)(H,25,26,27). The molecule has 2 N–H and O–H groups in total. The molecule has 0 amide bonds. The van der Waals surface area contributed by atoms with Crippen LogP contribution in [0.4, 0.5) is 24.8 Å². The van der Waals surface area contributed by atoms with Crippen molar-refractivity contribution in [3.05, 3.63) is 66.0 Å². The largest absolute Gasteiger partial charge is 0.433 e. The van der Waals surface area contributed by atoms with Crippen molar-refractivity contribution in [1.82, 2.24) is 9.97 Å². The number of aromatic nitrogens is 2. The first kappa shape index (κ1) is 19.8. The van der Waals surface area contributed by atoms with Gasteiger partial charge in [-0.25, -0.2) is 9.97 Å². The number of benzene rings is 2. The topological polar surface area (TPSA) is 92.2 Å². The number of alkyl halides is 3. The predicted octanol–water partition coefficient (Wildman–Crippen LogP) is 4.46. The monoisotopic (exact) mass is 409 g/mol. The maximum Gasteiger partial charge on any atom is 0.433 e. The molecule has 0 radical (unpaired) electrons. The van der Waals surface area contributed by atoms with Crippen LogP contribution in [-0.2, 0) is 16.3 Å². The third-order valence-electron chi connectivity index (χ3n) is 3.88. The van der Waals surface area contributed by atoms with Crippen LogP contribution in [0.5, 0.6) is 0 Å². The van der Waals surface area contributed by atoms with Crippen LogP contribution in [0.2, 0.25) is 0 Å². The van der Waals surface area contributed by atoms with Gasteiger partial charge < -0.3 is 5.32 Å². The summed E-state index contributed by atoms with van der Waals surface area (Å²) in [6.45, 7) is 1.79. The summed E-state index contributed by atoms with van der Waals surface area (Å²) in [5.41, 5.74) is 1.28. The lowest BCUT2D eigenvalue weighted by Crippen LogP contribution is -2.10. The Morgan fingerprint density at radius 3 is 2.50 bits per heavy atom. The number of hydrogen-bond acceptors (Lipinski definition) is 5. The van der Waals surface area contributed by atoms with Crippen LogP contribution in [0.3, 0.4) is 0 Å². The van der Waals surface area contributed by atoms with Gasteiger partial charge in [0.2, 0.25) is 5.95 Å². The van der Waals surface area contributed by atoms with E-state index in [1.54, 1.807) is 31.2 Å².